The van der Waals surface area contributed by atoms with Gasteiger partial charge in [-0.2, -0.15) is 5.10 Å². The van der Waals surface area contributed by atoms with Crippen molar-refractivity contribution in [2.75, 3.05) is 24.5 Å². The molecule has 24 heavy (non-hydrogen) atoms. The third kappa shape index (κ3) is 2.99. The molecule has 1 atom stereocenters. The molecule has 1 aliphatic heterocycles. The van der Waals surface area contributed by atoms with Gasteiger partial charge in [0.15, 0.2) is 0 Å². The predicted molar refractivity (Wildman–Crippen MR) is 98.7 cm³/mol. The van der Waals surface area contributed by atoms with Crippen molar-refractivity contribution >= 4 is 22.8 Å². The number of anilines is 1. The summed E-state index contributed by atoms with van der Waals surface area (Å²) in [5.74, 6) is 0. The Labute approximate surface area is 147 Å². The number of nitrogens with zero attached hydrogens (tertiary/aromatic N) is 4. The zero-order valence-corrected chi connectivity index (χ0v) is 14.5. The van der Waals surface area contributed by atoms with E-state index in [1.165, 1.54) is 16.8 Å². The Morgan fingerprint density at radius 2 is 1.96 bits per heavy atom. The van der Waals surface area contributed by atoms with Gasteiger partial charge in [0.2, 0.25) is 0 Å². The van der Waals surface area contributed by atoms with Crippen molar-refractivity contribution in [1.82, 2.24) is 14.5 Å². The minimum Gasteiger partial charge on any atom is -0.369 e. The van der Waals surface area contributed by atoms with E-state index in [9.17, 15) is 0 Å². The average Bonchev–Trinajstić information content (AvgIpc) is 3.01. The van der Waals surface area contributed by atoms with E-state index < -0.39 is 0 Å². The lowest BCUT2D eigenvalue weighted by molar-refractivity contribution is 0.181. The van der Waals surface area contributed by atoms with E-state index >= 15 is 0 Å². The van der Waals surface area contributed by atoms with E-state index in [0.717, 1.165) is 31.2 Å². The van der Waals surface area contributed by atoms with E-state index in [1.807, 2.05) is 35.1 Å². The highest BCUT2D eigenvalue weighted by Gasteiger charge is 2.24. The van der Waals surface area contributed by atoms with E-state index in [0.29, 0.717) is 6.04 Å². The summed E-state index contributed by atoms with van der Waals surface area (Å²) in [5, 5.41) is 5.24. The van der Waals surface area contributed by atoms with E-state index in [1.54, 1.807) is 0 Å². The summed E-state index contributed by atoms with van der Waals surface area (Å²) in [5.41, 5.74) is 3.74. The standard InChI is InChI=1S/C19H21ClN4/c1-15-13-23(18-7-5-17(20)6-8-18)11-10-22(15)14-16-12-21-24-9-3-2-4-19(16)24/h2-9,12,15H,10-11,13-14H2,1H3/t15-/m0/s1. The van der Waals surface area contributed by atoms with Gasteiger partial charge < -0.3 is 4.90 Å². The van der Waals surface area contributed by atoms with Crippen LogP contribution in [0.5, 0.6) is 0 Å². The molecule has 0 spiro atoms. The van der Waals surface area contributed by atoms with Crippen LogP contribution >= 0.6 is 11.6 Å². The van der Waals surface area contributed by atoms with Gasteiger partial charge in [0.1, 0.15) is 0 Å². The first kappa shape index (κ1) is 15.5. The molecule has 0 amide bonds. The molecule has 2 aromatic heterocycles. The van der Waals surface area contributed by atoms with E-state index in [4.69, 9.17) is 11.6 Å². The highest BCUT2D eigenvalue weighted by Crippen LogP contribution is 2.23. The van der Waals surface area contributed by atoms with Gasteiger partial charge in [-0.15, -0.1) is 0 Å². The normalized spacial score (nSPS) is 19.1. The van der Waals surface area contributed by atoms with Crippen LogP contribution in [0.25, 0.3) is 5.52 Å². The quantitative estimate of drug-likeness (QED) is 0.726. The Morgan fingerprint density at radius 3 is 2.75 bits per heavy atom. The summed E-state index contributed by atoms with van der Waals surface area (Å²) in [6.07, 6.45) is 3.99. The molecule has 0 bridgehead atoms. The van der Waals surface area contributed by atoms with Crippen molar-refractivity contribution in [3.05, 3.63) is 65.4 Å². The van der Waals surface area contributed by atoms with Gasteiger partial charge in [0.05, 0.1) is 11.7 Å². The number of hydrogen-bond acceptors (Lipinski definition) is 3. The highest BCUT2D eigenvalue weighted by molar-refractivity contribution is 6.30. The summed E-state index contributed by atoms with van der Waals surface area (Å²) in [6.45, 7) is 6.36. The van der Waals surface area contributed by atoms with Gasteiger partial charge in [-0.25, -0.2) is 4.52 Å². The van der Waals surface area contributed by atoms with Crippen molar-refractivity contribution in [2.24, 2.45) is 0 Å². The van der Waals surface area contributed by atoms with Crippen LogP contribution in [0.3, 0.4) is 0 Å². The van der Waals surface area contributed by atoms with Crippen molar-refractivity contribution in [3.8, 4) is 0 Å². The number of piperazine rings is 1. The van der Waals surface area contributed by atoms with Gasteiger partial charge in [-0.3, -0.25) is 4.90 Å². The molecule has 0 radical (unpaired) electrons. The molecule has 3 heterocycles. The van der Waals surface area contributed by atoms with Crippen molar-refractivity contribution < 1.29 is 0 Å². The summed E-state index contributed by atoms with van der Waals surface area (Å²) >= 11 is 6.00. The second-order valence-electron chi connectivity index (χ2n) is 6.44. The van der Waals surface area contributed by atoms with Crippen molar-refractivity contribution in [1.29, 1.82) is 0 Å². The van der Waals surface area contributed by atoms with Crippen LogP contribution < -0.4 is 4.90 Å². The summed E-state index contributed by atoms with van der Waals surface area (Å²) < 4.78 is 1.95. The minimum atomic E-state index is 0.494. The molecule has 0 aliphatic carbocycles. The van der Waals surface area contributed by atoms with Gasteiger partial charge in [-0.1, -0.05) is 17.7 Å². The van der Waals surface area contributed by atoms with Crippen LogP contribution in [-0.4, -0.2) is 40.2 Å². The third-order valence-corrected chi connectivity index (χ3v) is 5.09. The molecular weight excluding hydrogens is 320 g/mol. The molecule has 3 aromatic rings. The first-order valence-electron chi connectivity index (χ1n) is 8.36. The fourth-order valence-corrected chi connectivity index (χ4v) is 3.57. The van der Waals surface area contributed by atoms with Crippen LogP contribution in [0.4, 0.5) is 5.69 Å². The lowest BCUT2D eigenvalue weighted by Gasteiger charge is -2.41. The van der Waals surface area contributed by atoms with Gasteiger partial charge >= 0.3 is 0 Å². The Balaban J connectivity index is 1.46. The molecule has 1 saturated heterocycles. The second-order valence-corrected chi connectivity index (χ2v) is 6.88. The Kier molecular flexibility index (Phi) is 4.17. The maximum absolute atomic E-state index is 6.00. The third-order valence-electron chi connectivity index (χ3n) is 4.84. The molecule has 5 heteroatoms. The first-order valence-corrected chi connectivity index (χ1v) is 8.74. The number of benzene rings is 1. The first-order chi connectivity index (χ1) is 11.7. The van der Waals surface area contributed by atoms with Crippen LogP contribution in [0, 0.1) is 0 Å². The van der Waals surface area contributed by atoms with Crippen LogP contribution in [0.15, 0.2) is 54.9 Å². The molecule has 124 valence electrons. The maximum Gasteiger partial charge on any atom is 0.0706 e. The minimum absolute atomic E-state index is 0.494. The SMILES string of the molecule is C[C@H]1CN(c2ccc(Cl)cc2)CCN1Cc1cnn2ccccc12. The predicted octanol–water partition coefficient (Wildman–Crippen LogP) is 3.70. The fourth-order valence-electron chi connectivity index (χ4n) is 3.44. The Hall–Kier alpha value is -2.04. The fraction of sp³-hybridized carbons (Fsp3) is 0.316. The zero-order valence-electron chi connectivity index (χ0n) is 13.8. The maximum atomic E-state index is 6.00. The lowest BCUT2D eigenvalue weighted by Crippen LogP contribution is -2.51. The smallest absolute Gasteiger partial charge is 0.0706 e. The van der Waals surface area contributed by atoms with Gasteiger partial charge in [0, 0.05) is 54.7 Å². The van der Waals surface area contributed by atoms with Gasteiger partial charge in [-0.05, 0) is 43.3 Å². The number of hydrogen-bond donors (Lipinski definition) is 0. The summed E-state index contributed by atoms with van der Waals surface area (Å²) in [7, 11) is 0. The second kappa shape index (κ2) is 6.46. The number of aromatic nitrogens is 2. The highest BCUT2D eigenvalue weighted by atomic mass is 35.5. The van der Waals surface area contributed by atoms with E-state index in [-0.39, 0.29) is 0 Å². The molecule has 4 rings (SSSR count). The molecule has 0 unspecified atom stereocenters. The molecular formula is C19H21ClN4. The monoisotopic (exact) mass is 340 g/mol. The molecule has 1 aromatic carbocycles. The zero-order chi connectivity index (χ0) is 16.5. The molecule has 1 aliphatic rings. The molecule has 1 fully saturated rings. The summed E-state index contributed by atoms with van der Waals surface area (Å²) in [4.78, 5) is 4.98. The molecule has 0 saturated carbocycles. The number of fused-ring (bicyclic) bond motifs is 1. The average molecular weight is 341 g/mol. The van der Waals surface area contributed by atoms with Gasteiger partial charge in [0.25, 0.3) is 0 Å². The van der Waals surface area contributed by atoms with Crippen LogP contribution in [-0.2, 0) is 6.54 Å². The Morgan fingerprint density at radius 1 is 1.12 bits per heavy atom. The number of halogens is 1. The summed E-state index contributed by atoms with van der Waals surface area (Å²) in [6, 6.07) is 14.9. The number of rotatable bonds is 3. The topological polar surface area (TPSA) is 23.8 Å². The van der Waals surface area contributed by atoms with Crippen LogP contribution in [0.2, 0.25) is 5.02 Å². The Bertz CT molecular complexity index is 827. The largest absolute Gasteiger partial charge is 0.369 e. The van der Waals surface area contributed by atoms with Crippen LogP contribution in [0.1, 0.15) is 12.5 Å². The lowest BCUT2D eigenvalue weighted by atomic mass is 10.1. The molecule has 4 nitrogen and oxygen atoms in total. The van der Waals surface area contributed by atoms with Crippen molar-refractivity contribution in [3.63, 3.8) is 0 Å². The number of pyridine rings is 1. The molecule has 0 N–H and O–H groups in total. The van der Waals surface area contributed by atoms with E-state index in [2.05, 4.69) is 46.1 Å². The van der Waals surface area contributed by atoms with Crippen molar-refractivity contribution in [2.45, 2.75) is 19.5 Å².